The Hall–Kier alpha value is -2.73. The van der Waals surface area contributed by atoms with E-state index >= 15 is 0 Å². The number of carbonyl (C=O) groups excluding carboxylic acids is 1. The van der Waals surface area contributed by atoms with E-state index in [4.69, 9.17) is 9.26 Å². The highest BCUT2D eigenvalue weighted by Crippen LogP contribution is 2.25. The molecular formula is C20H23N3O3. The first-order chi connectivity index (χ1) is 12.5. The van der Waals surface area contributed by atoms with E-state index in [2.05, 4.69) is 15.5 Å². The molecule has 3 aromatic rings. The van der Waals surface area contributed by atoms with Gasteiger partial charge in [-0.3, -0.25) is 4.79 Å². The molecule has 0 aliphatic rings. The van der Waals surface area contributed by atoms with Crippen LogP contribution >= 0.6 is 0 Å². The first kappa shape index (κ1) is 18.1. The van der Waals surface area contributed by atoms with Gasteiger partial charge in [-0.1, -0.05) is 43.3 Å². The van der Waals surface area contributed by atoms with Gasteiger partial charge in [0.25, 0.3) is 11.6 Å². The maximum absolute atomic E-state index is 12.8. The van der Waals surface area contributed by atoms with E-state index in [1.54, 1.807) is 7.11 Å². The summed E-state index contributed by atoms with van der Waals surface area (Å²) in [6.07, 6.45) is 0. The van der Waals surface area contributed by atoms with E-state index in [9.17, 15) is 4.79 Å². The molecule has 1 aromatic carbocycles. The minimum absolute atomic E-state index is 0.161. The number of rotatable bonds is 6. The lowest BCUT2D eigenvalue weighted by atomic mass is 10.0. The minimum atomic E-state index is -0.161. The van der Waals surface area contributed by atoms with Crippen molar-refractivity contribution in [1.82, 2.24) is 15.5 Å². The van der Waals surface area contributed by atoms with Crippen LogP contribution in [0, 0.1) is 6.92 Å². The Morgan fingerprint density at radius 3 is 2.58 bits per heavy atom. The van der Waals surface area contributed by atoms with E-state index in [1.165, 1.54) is 0 Å². The number of hydrogen-bond donors (Lipinski definition) is 1. The molecule has 0 saturated heterocycles. The van der Waals surface area contributed by atoms with E-state index in [0.29, 0.717) is 35.5 Å². The van der Waals surface area contributed by atoms with Gasteiger partial charge in [0.15, 0.2) is 0 Å². The van der Waals surface area contributed by atoms with Crippen molar-refractivity contribution < 1.29 is 14.1 Å². The lowest BCUT2D eigenvalue weighted by Crippen LogP contribution is -2.23. The molecule has 2 heterocycles. The number of pyridine rings is 1. The Morgan fingerprint density at radius 1 is 1.23 bits per heavy atom. The Bertz CT molecular complexity index is 914. The number of hydrogen-bond acceptors (Lipinski definition) is 5. The summed E-state index contributed by atoms with van der Waals surface area (Å²) in [5.74, 6) is 0.0243. The SMILES string of the molecule is COCc1ccc(CNC(=O)c2cc(C(C)C)nc3onc(C)c23)cc1. The van der Waals surface area contributed by atoms with Gasteiger partial charge in [0.2, 0.25) is 0 Å². The maximum Gasteiger partial charge on any atom is 0.259 e. The van der Waals surface area contributed by atoms with Crippen LogP contribution in [0.3, 0.4) is 0 Å². The molecule has 0 bridgehead atoms. The standard InChI is InChI=1S/C20H23N3O3/c1-12(2)17-9-16(18-13(3)23-26-20(18)22-17)19(24)21-10-14-5-7-15(8-6-14)11-25-4/h5-9,12H,10-11H2,1-4H3,(H,21,24). The van der Waals surface area contributed by atoms with Crippen molar-refractivity contribution in [3.8, 4) is 0 Å². The molecule has 0 fully saturated rings. The number of aryl methyl sites for hydroxylation is 1. The van der Waals surface area contributed by atoms with Gasteiger partial charge in [-0.25, -0.2) is 4.98 Å². The van der Waals surface area contributed by atoms with Gasteiger partial charge in [-0.05, 0) is 30.0 Å². The number of nitrogens with one attached hydrogen (secondary N) is 1. The Morgan fingerprint density at radius 2 is 1.92 bits per heavy atom. The molecule has 0 atom stereocenters. The van der Waals surface area contributed by atoms with Gasteiger partial charge in [0.05, 0.1) is 23.3 Å². The molecule has 0 radical (unpaired) electrons. The summed E-state index contributed by atoms with van der Waals surface area (Å²) in [7, 11) is 1.67. The minimum Gasteiger partial charge on any atom is -0.380 e. The number of methoxy groups -OCH3 is 1. The third-order valence-corrected chi connectivity index (χ3v) is 4.26. The van der Waals surface area contributed by atoms with Gasteiger partial charge < -0.3 is 14.6 Å². The van der Waals surface area contributed by atoms with Crippen molar-refractivity contribution in [2.24, 2.45) is 0 Å². The van der Waals surface area contributed by atoms with Gasteiger partial charge in [0, 0.05) is 19.3 Å². The fraction of sp³-hybridized carbons (Fsp3) is 0.350. The largest absolute Gasteiger partial charge is 0.380 e. The van der Waals surface area contributed by atoms with Crippen molar-refractivity contribution in [3.05, 3.63) is 58.4 Å². The summed E-state index contributed by atoms with van der Waals surface area (Å²) in [6.45, 7) is 6.89. The number of ether oxygens (including phenoxy) is 1. The highest BCUT2D eigenvalue weighted by Gasteiger charge is 2.19. The third-order valence-electron chi connectivity index (χ3n) is 4.26. The first-order valence-corrected chi connectivity index (χ1v) is 8.61. The number of amides is 1. The quantitative estimate of drug-likeness (QED) is 0.730. The van der Waals surface area contributed by atoms with Crippen LogP contribution in [0.15, 0.2) is 34.9 Å². The van der Waals surface area contributed by atoms with Crippen LogP contribution in [0.5, 0.6) is 0 Å². The second kappa shape index (κ2) is 7.66. The molecule has 136 valence electrons. The van der Waals surface area contributed by atoms with E-state index in [-0.39, 0.29) is 11.8 Å². The molecule has 0 spiro atoms. The summed E-state index contributed by atoms with van der Waals surface area (Å²) >= 11 is 0. The van der Waals surface area contributed by atoms with E-state index < -0.39 is 0 Å². The zero-order valence-electron chi connectivity index (χ0n) is 15.5. The summed E-state index contributed by atoms with van der Waals surface area (Å²) in [6, 6.07) is 9.80. The number of nitrogens with zero attached hydrogens (tertiary/aromatic N) is 2. The first-order valence-electron chi connectivity index (χ1n) is 8.61. The van der Waals surface area contributed by atoms with Gasteiger partial charge in [0.1, 0.15) is 0 Å². The summed E-state index contributed by atoms with van der Waals surface area (Å²) in [5, 5.41) is 7.60. The molecule has 0 aliphatic heterocycles. The maximum atomic E-state index is 12.8. The fourth-order valence-corrected chi connectivity index (χ4v) is 2.79. The van der Waals surface area contributed by atoms with Gasteiger partial charge in [-0.2, -0.15) is 0 Å². The molecule has 1 amide bonds. The molecule has 6 heteroatoms. The molecule has 0 aliphatic carbocycles. The van der Waals surface area contributed by atoms with Crippen LogP contribution in [0.25, 0.3) is 11.1 Å². The number of fused-ring (bicyclic) bond motifs is 1. The van der Waals surface area contributed by atoms with Crippen molar-refractivity contribution in [2.45, 2.75) is 39.8 Å². The Balaban J connectivity index is 1.81. The second-order valence-electron chi connectivity index (χ2n) is 6.63. The van der Waals surface area contributed by atoms with Crippen molar-refractivity contribution in [3.63, 3.8) is 0 Å². The van der Waals surface area contributed by atoms with Crippen LogP contribution in [0.4, 0.5) is 0 Å². The van der Waals surface area contributed by atoms with Crippen LogP contribution in [-0.2, 0) is 17.9 Å². The molecule has 0 saturated carbocycles. The highest BCUT2D eigenvalue weighted by atomic mass is 16.5. The summed E-state index contributed by atoms with van der Waals surface area (Å²) in [5.41, 5.74) is 4.55. The number of benzene rings is 1. The van der Waals surface area contributed by atoms with Crippen LogP contribution in [0.1, 0.15) is 52.6 Å². The monoisotopic (exact) mass is 353 g/mol. The Labute approximate surface area is 152 Å². The number of aromatic nitrogens is 2. The smallest absolute Gasteiger partial charge is 0.259 e. The average molecular weight is 353 g/mol. The zero-order chi connectivity index (χ0) is 18.7. The lowest BCUT2D eigenvalue weighted by Gasteiger charge is -2.10. The normalized spacial score (nSPS) is 11.3. The fourth-order valence-electron chi connectivity index (χ4n) is 2.79. The molecule has 2 aromatic heterocycles. The van der Waals surface area contributed by atoms with Crippen LogP contribution in [-0.4, -0.2) is 23.2 Å². The number of carbonyl (C=O) groups is 1. The topological polar surface area (TPSA) is 77.2 Å². The van der Waals surface area contributed by atoms with E-state index in [1.807, 2.05) is 51.1 Å². The highest BCUT2D eigenvalue weighted by molar-refractivity contribution is 6.06. The summed E-state index contributed by atoms with van der Waals surface area (Å²) < 4.78 is 10.4. The third kappa shape index (κ3) is 3.75. The van der Waals surface area contributed by atoms with Crippen molar-refractivity contribution in [1.29, 1.82) is 0 Å². The second-order valence-corrected chi connectivity index (χ2v) is 6.63. The van der Waals surface area contributed by atoms with Gasteiger partial charge in [-0.15, -0.1) is 0 Å². The molecule has 6 nitrogen and oxygen atoms in total. The van der Waals surface area contributed by atoms with Gasteiger partial charge >= 0.3 is 0 Å². The molecule has 1 N–H and O–H groups in total. The molecule has 3 rings (SSSR count). The average Bonchev–Trinajstić information content (AvgIpc) is 3.01. The van der Waals surface area contributed by atoms with E-state index in [0.717, 1.165) is 16.8 Å². The zero-order valence-corrected chi connectivity index (χ0v) is 15.5. The molecule has 26 heavy (non-hydrogen) atoms. The van der Waals surface area contributed by atoms with Crippen molar-refractivity contribution >= 4 is 17.0 Å². The predicted molar refractivity (Wildman–Crippen MR) is 99.0 cm³/mol. The van der Waals surface area contributed by atoms with Crippen molar-refractivity contribution in [2.75, 3.05) is 7.11 Å². The predicted octanol–water partition coefficient (Wildman–Crippen LogP) is 3.73. The van der Waals surface area contributed by atoms with Crippen LogP contribution in [0.2, 0.25) is 0 Å². The molecular weight excluding hydrogens is 330 g/mol. The lowest BCUT2D eigenvalue weighted by molar-refractivity contribution is 0.0952. The summed E-state index contributed by atoms with van der Waals surface area (Å²) in [4.78, 5) is 17.3. The molecule has 0 unspecified atom stereocenters. The van der Waals surface area contributed by atoms with Crippen LogP contribution < -0.4 is 5.32 Å². The Kier molecular flexibility index (Phi) is 5.32.